The van der Waals surface area contributed by atoms with Crippen LogP contribution < -0.4 is 9.47 Å². The summed E-state index contributed by atoms with van der Waals surface area (Å²) in [6.07, 6.45) is 5.16. The molecule has 176 valence electrons. The molecule has 1 heterocycles. The van der Waals surface area contributed by atoms with Crippen LogP contribution in [-0.4, -0.2) is 43.4 Å². The van der Waals surface area contributed by atoms with Gasteiger partial charge in [0, 0.05) is 18.0 Å². The highest BCUT2D eigenvalue weighted by Gasteiger charge is 2.31. The zero-order valence-corrected chi connectivity index (χ0v) is 19.8. The summed E-state index contributed by atoms with van der Waals surface area (Å²) < 4.78 is 30.0. The lowest BCUT2D eigenvalue weighted by molar-refractivity contribution is 0.145. The minimum atomic E-state index is -0.172. The van der Waals surface area contributed by atoms with Crippen molar-refractivity contribution in [2.45, 2.75) is 38.1 Å². The molecule has 0 saturated heterocycles. The molecule has 1 aliphatic carbocycles. The van der Waals surface area contributed by atoms with E-state index >= 15 is 0 Å². The number of benzene rings is 2. The highest BCUT2D eigenvalue weighted by Crippen LogP contribution is 2.40. The van der Waals surface area contributed by atoms with Crippen molar-refractivity contribution in [1.29, 1.82) is 0 Å². The molecule has 3 aromatic rings. The molecule has 0 aliphatic heterocycles. The van der Waals surface area contributed by atoms with E-state index in [1.54, 1.807) is 26.4 Å². The Balaban J connectivity index is 1.38. The summed E-state index contributed by atoms with van der Waals surface area (Å²) in [5.41, 5.74) is 1.88. The first kappa shape index (κ1) is 23.2. The van der Waals surface area contributed by atoms with Crippen molar-refractivity contribution in [3.05, 3.63) is 59.7 Å². The molecule has 2 aromatic carbocycles. The van der Waals surface area contributed by atoms with Gasteiger partial charge in [0.15, 0.2) is 11.5 Å². The van der Waals surface area contributed by atoms with E-state index < -0.39 is 0 Å². The van der Waals surface area contributed by atoms with Crippen molar-refractivity contribution in [2.24, 2.45) is 11.8 Å². The third kappa shape index (κ3) is 5.36. The number of hydrogen-bond donors (Lipinski definition) is 0. The maximum Gasteiger partial charge on any atom is 0.227 e. The van der Waals surface area contributed by atoms with E-state index in [0.717, 1.165) is 43.2 Å². The van der Waals surface area contributed by atoms with Crippen LogP contribution >= 0.6 is 0 Å². The van der Waals surface area contributed by atoms with Crippen LogP contribution in [0.5, 0.6) is 11.5 Å². The van der Waals surface area contributed by atoms with Crippen LogP contribution in [0.25, 0.3) is 11.4 Å². The second kappa shape index (κ2) is 10.3. The summed E-state index contributed by atoms with van der Waals surface area (Å²) in [6, 6.07) is 12.8. The minimum absolute atomic E-state index is 0.172. The van der Waals surface area contributed by atoms with Gasteiger partial charge in [0.05, 0.1) is 14.2 Å². The number of rotatable bonds is 8. The van der Waals surface area contributed by atoms with Crippen LogP contribution in [0.4, 0.5) is 4.39 Å². The van der Waals surface area contributed by atoms with Crippen molar-refractivity contribution in [1.82, 2.24) is 15.0 Å². The van der Waals surface area contributed by atoms with E-state index in [2.05, 4.69) is 29.1 Å². The lowest BCUT2D eigenvalue weighted by Gasteiger charge is -2.37. The summed E-state index contributed by atoms with van der Waals surface area (Å²) in [5, 5.41) is 4.17. The highest BCUT2D eigenvalue weighted by molar-refractivity contribution is 5.60. The van der Waals surface area contributed by atoms with E-state index in [-0.39, 0.29) is 11.9 Å². The van der Waals surface area contributed by atoms with Gasteiger partial charge in [-0.25, -0.2) is 4.39 Å². The predicted molar refractivity (Wildman–Crippen MR) is 125 cm³/mol. The van der Waals surface area contributed by atoms with Gasteiger partial charge in [-0.05, 0) is 87.5 Å². The van der Waals surface area contributed by atoms with Gasteiger partial charge in [-0.3, -0.25) is 0 Å². The molecule has 7 heteroatoms. The number of halogens is 1. The second-order valence-electron chi connectivity index (χ2n) is 9.03. The van der Waals surface area contributed by atoms with Crippen LogP contribution in [0.1, 0.15) is 43.2 Å². The molecule has 4 rings (SSSR count). The van der Waals surface area contributed by atoms with Gasteiger partial charge in [-0.15, -0.1) is 0 Å². The Hall–Kier alpha value is -2.93. The van der Waals surface area contributed by atoms with Crippen LogP contribution in [0.3, 0.4) is 0 Å². The van der Waals surface area contributed by atoms with Gasteiger partial charge in [-0.1, -0.05) is 17.3 Å². The molecule has 1 aliphatic rings. The number of methoxy groups -OCH3 is 2. The average molecular weight is 454 g/mol. The SMILES string of the molecule is COc1ccc(-c2noc(CC3CCC(C(c4cccc(F)c4)N(C)C)CC3)n2)cc1OC. The standard InChI is InChI=1S/C26H32FN3O3/c1-30(2)25(19-6-5-7-21(27)15-19)18-10-8-17(9-11-18)14-24-28-26(29-33-24)20-12-13-22(31-3)23(16-20)32-4/h5-7,12-13,15-18,25H,8-11,14H2,1-4H3. The first-order valence-corrected chi connectivity index (χ1v) is 11.5. The zero-order chi connectivity index (χ0) is 23.4. The number of aromatic nitrogens is 2. The van der Waals surface area contributed by atoms with Crippen molar-refractivity contribution in [2.75, 3.05) is 28.3 Å². The van der Waals surface area contributed by atoms with E-state index in [9.17, 15) is 4.39 Å². The molecule has 1 unspecified atom stereocenters. The smallest absolute Gasteiger partial charge is 0.227 e. The first-order chi connectivity index (χ1) is 16.0. The lowest BCUT2D eigenvalue weighted by Crippen LogP contribution is -2.30. The summed E-state index contributed by atoms with van der Waals surface area (Å²) in [6.45, 7) is 0. The van der Waals surface area contributed by atoms with Gasteiger partial charge in [0.1, 0.15) is 5.82 Å². The third-order valence-corrected chi connectivity index (χ3v) is 6.66. The number of ether oxygens (including phenoxy) is 2. The molecule has 1 fully saturated rings. The van der Waals surface area contributed by atoms with Crippen molar-refractivity contribution in [3.8, 4) is 22.9 Å². The molecule has 0 N–H and O–H groups in total. The monoisotopic (exact) mass is 453 g/mol. The fraction of sp³-hybridized carbons (Fsp3) is 0.462. The third-order valence-electron chi connectivity index (χ3n) is 6.66. The molecular weight excluding hydrogens is 421 g/mol. The molecule has 33 heavy (non-hydrogen) atoms. The average Bonchev–Trinajstić information content (AvgIpc) is 3.28. The normalized spacial score (nSPS) is 19.5. The summed E-state index contributed by atoms with van der Waals surface area (Å²) in [4.78, 5) is 6.84. The molecule has 1 saturated carbocycles. The predicted octanol–water partition coefficient (Wildman–Crippen LogP) is 5.54. The second-order valence-corrected chi connectivity index (χ2v) is 9.03. The number of nitrogens with zero attached hydrogens (tertiary/aromatic N) is 3. The summed E-state index contributed by atoms with van der Waals surface area (Å²) in [5.74, 6) is 3.36. The fourth-order valence-corrected chi connectivity index (χ4v) is 5.07. The Morgan fingerprint density at radius 3 is 2.45 bits per heavy atom. The van der Waals surface area contributed by atoms with E-state index in [1.165, 1.54) is 6.07 Å². The zero-order valence-electron chi connectivity index (χ0n) is 19.8. The van der Waals surface area contributed by atoms with Crippen LogP contribution in [0, 0.1) is 17.7 Å². The van der Waals surface area contributed by atoms with Crippen LogP contribution in [-0.2, 0) is 6.42 Å². The van der Waals surface area contributed by atoms with E-state index in [4.69, 9.17) is 14.0 Å². The topological polar surface area (TPSA) is 60.6 Å². The van der Waals surface area contributed by atoms with Crippen molar-refractivity contribution in [3.63, 3.8) is 0 Å². The molecule has 1 atom stereocenters. The molecule has 1 aromatic heterocycles. The molecule has 6 nitrogen and oxygen atoms in total. The van der Waals surface area contributed by atoms with Crippen molar-refractivity contribution < 1.29 is 18.4 Å². The number of hydrogen-bond acceptors (Lipinski definition) is 6. The van der Waals surface area contributed by atoms with Gasteiger partial charge in [0.25, 0.3) is 0 Å². The molecular formula is C26H32FN3O3. The molecule has 0 radical (unpaired) electrons. The quantitative estimate of drug-likeness (QED) is 0.446. The molecule has 0 amide bonds. The van der Waals surface area contributed by atoms with Gasteiger partial charge >= 0.3 is 0 Å². The maximum atomic E-state index is 13.8. The summed E-state index contributed by atoms with van der Waals surface area (Å²) in [7, 11) is 7.37. The Morgan fingerprint density at radius 1 is 1.03 bits per heavy atom. The van der Waals surface area contributed by atoms with Crippen LogP contribution in [0.15, 0.2) is 47.0 Å². The first-order valence-electron chi connectivity index (χ1n) is 11.5. The maximum absolute atomic E-state index is 13.8. The molecule has 0 bridgehead atoms. The Kier molecular flexibility index (Phi) is 7.28. The van der Waals surface area contributed by atoms with Gasteiger partial charge in [-0.2, -0.15) is 4.98 Å². The Labute approximate surface area is 194 Å². The van der Waals surface area contributed by atoms with E-state index in [1.807, 2.05) is 24.3 Å². The fourth-order valence-electron chi connectivity index (χ4n) is 5.07. The lowest BCUT2D eigenvalue weighted by atomic mass is 9.75. The van der Waals surface area contributed by atoms with Crippen LogP contribution in [0.2, 0.25) is 0 Å². The minimum Gasteiger partial charge on any atom is -0.493 e. The van der Waals surface area contributed by atoms with Crippen molar-refractivity contribution >= 4 is 0 Å². The Morgan fingerprint density at radius 2 is 1.79 bits per heavy atom. The summed E-state index contributed by atoms with van der Waals surface area (Å²) >= 11 is 0. The highest BCUT2D eigenvalue weighted by atomic mass is 19.1. The largest absolute Gasteiger partial charge is 0.493 e. The van der Waals surface area contributed by atoms with Gasteiger partial charge in [0.2, 0.25) is 11.7 Å². The molecule has 0 spiro atoms. The Bertz CT molecular complexity index is 1060. The van der Waals surface area contributed by atoms with E-state index in [0.29, 0.717) is 35.0 Å². The van der Waals surface area contributed by atoms with Gasteiger partial charge < -0.3 is 18.9 Å².